The zero-order chi connectivity index (χ0) is 10.4. The number of ether oxygens (including phenoxy) is 2. The molecule has 0 radical (unpaired) electrons. The third-order valence-electron chi connectivity index (χ3n) is 2.28. The Hall–Kier alpha value is 0.130. The number of esters is 1. The standard InChI is InChI=1S/C9H16O3S2/c1-11-9(10)7-3-4-8(12-5-7)6-14-13-2/h7-8H,3-6H2,1-2H3. The lowest BCUT2D eigenvalue weighted by molar-refractivity contribution is -0.151. The van der Waals surface area contributed by atoms with Crippen molar-refractivity contribution in [2.75, 3.05) is 25.7 Å². The van der Waals surface area contributed by atoms with Gasteiger partial charge in [0.2, 0.25) is 0 Å². The Morgan fingerprint density at radius 3 is 2.86 bits per heavy atom. The molecular weight excluding hydrogens is 220 g/mol. The smallest absolute Gasteiger partial charge is 0.311 e. The first-order chi connectivity index (χ1) is 6.77. The van der Waals surface area contributed by atoms with Crippen LogP contribution in [0.3, 0.4) is 0 Å². The van der Waals surface area contributed by atoms with Crippen LogP contribution < -0.4 is 0 Å². The van der Waals surface area contributed by atoms with Gasteiger partial charge in [0.15, 0.2) is 0 Å². The summed E-state index contributed by atoms with van der Waals surface area (Å²) in [7, 11) is 4.99. The molecule has 1 aliphatic heterocycles. The molecule has 14 heavy (non-hydrogen) atoms. The third-order valence-corrected chi connectivity index (χ3v) is 4.14. The Morgan fingerprint density at radius 1 is 1.57 bits per heavy atom. The normalized spacial score (nSPS) is 27.3. The molecule has 82 valence electrons. The highest BCUT2D eigenvalue weighted by atomic mass is 33.1. The van der Waals surface area contributed by atoms with Gasteiger partial charge in [-0.25, -0.2) is 0 Å². The molecule has 0 N–H and O–H groups in total. The van der Waals surface area contributed by atoms with Crippen LogP contribution >= 0.6 is 21.6 Å². The molecule has 0 aromatic heterocycles. The minimum atomic E-state index is -0.138. The molecule has 1 fully saturated rings. The van der Waals surface area contributed by atoms with Crippen molar-refractivity contribution >= 4 is 27.6 Å². The lowest BCUT2D eigenvalue weighted by Crippen LogP contribution is -2.32. The van der Waals surface area contributed by atoms with E-state index < -0.39 is 0 Å². The Kier molecular flexibility index (Phi) is 5.74. The fourth-order valence-electron chi connectivity index (χ4n) is 1.43. The second-order valence-corrected chi connectivity index (χ2v) is 5.81. The average molecular weight is 236 g/mol. The van der Waals surface area contributed by atoms with Crippen molar-refractivity contribution in [2.24, 2.45) is 5.92 Å². The highest BCUT2D eigenvalue weighted by Gasteiger charge is 2.27. The van der Waals surface area contributed by atoms with Gasteiger partial charge >= 0.3 is 5.97 Å². The number of carbonyl (C=O) groups is 1. The van der Waals surface area contributed by atoms with Crippen molar-refractivity contribution in [3.8, 4) is 0 Å². The van der Waals surface area contributed by atoms with E-state index in [9.17, 15) is 4.79 Å². The summed E-state index contributed by atoms with van der Waals surface area (Å²) >= 11 is 0. The summed E-state index contributed by atoms with van der Waals surface area (Å²) in [6.07, 6.45) is 4.23. The Morgan fingerprint density at radius 2 is 2.36 bits per heavy atom. The summed E-state index contributed by atoms with van der Waals surface area (Å²) in [5.74, 6) is 0.825. The quantitative estimate of drug-likeness (QED) is 0.551. The molecule has 0 aromatic carbocycles. The van der Waals surface area contributed by atoms with Crippen LogP contribution in [0.25, 0.3) is 0 Å². The van der Waals surface area contributed by atoms with Gasteiger partial charge < -0.3 is 9.47 Å². The second kappa shape index (κ2) is 6.58. The van der Waals surface area contributed by atoms with Gasteiger partial charge in [0.25, 0.3) is 0 Å². The molecule has 0 spiro atoms. The Bertz CT molecular complexity index is 179. The fourth-order valence-corrected chi connectivity index (χ4v) is 2.85. The molecule has 2 unspecified atom stereocenters. The van der Waals surface area contributed by atoms with Crippen LogP contribution in [0, 0.1) is 5.92 Å². The van der Waals surface area contributed by atoms with Gasteiger partial charge in [0.05, 0.1) is 25.7 Å². The van der Waals surface area contributed by atoms with Crippen LogP contribution in [0.2, 0.25) is 0 Å². The van der Waals surface area contributed by atoms with Crippen LogP contribution in [-0.4, -0.2) is 37.8 Å². The zero-order valence-corrected chi connectivity index (χ0v) is 10.2. The minimum absolute atomic E-state index is 0.0458. The maximum absolute atomic E-state index is 11.2. The predicted octanol–water partition coefficient (Wildman–Crippen LogP) is 1.97. The molecule has 1 rings (SSSR count). The number of methoxy groups -OCH3 is 1. The molecule has 1 heterocycles. The van der Waals surface area contributed by atoms with E-state index in [-0.39, 0.29) is 11.9 Å². The zero-order valence-electron chi connectivity index (χ0n) is 8.52. The Balaban J connectivity index is 2.20. The predicted molar refractivity (Wildman–Crippen MR) is 60.5 cm³/mol. The first-order valence-electron chi connectivity index (χ1n) is 4.63. The maximum Gasteiger partial charge on any atom is 0.311 e. The fraction of sp³-hybridized carbons (Fsp3) is 0.889. The van der Waals surface area contributed by atoms with E-state index in [2.05, 4.69) is 11.0 Å². The third kappa shape index (κ3) is 3.71. The van der Waals surface area contributed by atoms with Crippen molar-refractivity contribution in [1.29, 1.82) is 0 Å². The van der Waals surface area contributed by atoms with Crippen molar-refractivity contribution in [3.63, 3.8) is 0 Å². The van der Waals surface area contributed by atoms with Gasteiger partial charge in [-0.3, -0.25) is 4.79 Å². The molecule has 1 aliphatic rings. The van der Waals surface area contributed by atoms with E-state index in [0.29, 0.717) is 12.7 Å². The topological polar surface area (TPSA) is 35.5 Å². The van der Waals surface area contributed by atoms with E-state index in [1.807, 2.05) is 0 Å². The van der Waals surface area contributed by atoms with Crippen LogP contribution in [0.1, 0.15) is 12.8 Å². The van der Waals surface area contributed by atoms with Crippen molar-refractivity contribution in [3.05, 3.63) is 0 Å². The van der Waals surface area contributed by atoms with E-state index in [1.165, 1.54) is 7.11 Å². The van der Waals surface area contributed by atoms with Crippen molar-refractivity contribution < 1.29 is 14.3 Å². The first kappa shape index (κ1) is 12.2. The highest BCUT2D eigenvalue weighted by molar-refractivity contribution is 8.76. The van der Waals surface area contributed by atoms with Gasteiger partial charge in [0, 0.05) is 5.75 Å². The lowest BCUT2D eigenvalue weighted by Gasteiger charge is -2.26. The summed E-state index contributed by atoms with van der Waals surface area (Å²) in [5.41, 5.74) is 0. The highest BCUT2D eigenvalue weighted by Crippen LogP contribution is 2.26. The number of rotatable bonds is 4. The maximum atomic E-state index is 11.2. The largest absolute Gasteiger partial charge is 0.469 e. The summed E-state index contributed by atoms with van der Waals surface area (Å²) in [6.45, 7) is 0.520. The monoisotopic (exact) mass is 236 g/mol. The van der Waals surface area contributed by atoms with Gasteiger partial charge in [-0.2, -0.15) is 0 Å². The van der Waals surface area contributed by atoms with Crippen molar-refractivity contribution in [1.82, 2.24) is 0 Å². The molecule has 0 aliphatic carbocycles. The molecule has 1 saturated heterocycles. The molecule has 3 nitrogen and oxygen atoms in total. The Labute approximate surface area is 92.7 Å². The van der Waals surface area contributed by atoms with Crippen LogP contribution in [0.5, 0.6) is 0 Å². The summed E-state index contributed by atoms with van der Waals surface area (Å²) in [5, 5.41) is 0. The molecule has 5 heteroatoms. The van der Waals surface area contributed by atoms with Gasteiger partial charge in [-0.15, -0.1) is 0 Å². The molecule has 0 aromatic rings. The van der Waals surface area contributed by atoms with Crippen LogP contribution in [0.15, 0.2) is 0 Å². The van der Waals surface area contributed by atoms with E-state index in [1.54, 1.807) is 21.6 Å². The van der Waals surface area contributed by atoms with Crippen LogP contribution in [0.4, 0.5) is 0 Å². The molecular formula is C9H16O3S2. The van der Waals surface area contributed by atoms with Gasteiger partial charge in [-0.05, 0) is 19.1 Å². The van der Waals surface area contributed by atoms with Gasteiger partial charge in [0.1, 0.15) is 0 Å². The lowest BCUT2D eigenvalue weighted by atomic mass is 9.99. The van der Waals surface area contributed by atoms with Crippen LogP contribution in [-0.2, 0) is 14.3 Å². The number of carbonyl (C=O) groups excluding carboxylic acids is 1. The molecule has 0 bridgehead atoms. The average Bonchev–Trinajstić information content (AvgIpc) is 2.26. The second-order valence-electron chi connectivity index (χ2n) is 3.20. The van der Waals surface area contributed by atoms with E-state index in [0.717, 1.165) is 18.6 Å². The SMILES string of the molecule is COC(=O)C1CCC(CSSC)OC1. The van der Waals surface area contributed by atoms with Crippen molar-refractivity contribution in [2.45, 2.75) is 18.9 Å². The van der Waals surface area contributed by atoms with Gasteiger partial charge in [-0.1, -0.05) is 21.6 Å². The van der Waals surface area contributed by atoms with E-state index >= 15 is 0 Å². The summed E-state index contributed by atoms with van der Waals surface area (Å²) in [6, 6.07) is 0. The summed E-state index contributed by atoms with van der Waals surface area (Å²) < 4.78 is 10.3. The molecule has 2 atom stereocenters. The van der Waals surface area contributed by atoms with E-state index in [4.69, 9.17) is 4.74 Å². The molecule has 0 amide bonds. The number of hydrogen-bond donors (Lipinski definition) is 0. The number of hydrogen-bond acceptors (Lipinski definition) is 5. The minimum Gasteiger partial charge on any atom is -0.469 e. The summed E-state index contributed by atoms with van der Waals surface area (Å²) in [4.78, 5) is 11.2. The molecule has 0 saturated carbocycles. The first-order valence-corrected chi connectivity index (χ1v) is 7.35.